The van der Waals surface area contributed by atoms with Crippen LogP contribution >= 0.6 is 11.8 Å². The molecule has 1 nitrogen and oxygen atoms in total. The molecule has 0 heterocycles. The molecule has 0 aliphatic heterocycles. The second-order valence-corrected chi connectivity index (χ2v) is 7.76. The molecule has 1 aliphatic rings. The van der Waals surface area contributed by atoms with Crippen molar-refractivity contribution < 1.29 is 4.79 Å². The molecule has 1 aliphatic carbocycles. The van der Waals surface area contributed by atoms with Crippen LogP contribution in [-0.4, -0.2) is 16.8 Å². The fourth-order valence-electron chi connectivity index (χ4n) is 2.62. The molecule has 2 heteroatoms. The van der Waals surface area contributed by atoms with E-state index in [0.717, 1.165) is 18.3 Å². The number of carbonyl (C=O) groups excluding carboxylic acids is 1. The summed E-state index contributed by atoms with van der Waals surface area (Å²) in [7, 11) is 0. The van der Waals surface area contributed by atoms with Gasteiger partial charge in [-0.25, -0.2) is 0 Å². The fourth-order valence-corrected chi connectivity index (χ4v) is 4.08. The van der Waals surface area contributed by atoms with E-state index in [2.05, 4.69) is 25.6 Å². The van der Waals surface area contributed by atoms with Gasteiger partial charge in [0.1, 0.15) is 5.78 Å². The molecule has 0 aromatic heterocycles. The SMILES string of the molecule is CC(C)CSC(CC(=O)C(C)C)C1CCCCC1. The van der Waals surface area contributed by atoms with Gasteiger partial charge in [0.05, 0.1) is 0 Å². The lowest BCUT2D eigenvalue weighted by molar-refractivity contribution is -0.122. The van der Waals surface area contributed by atoms with Crippen molar-refractivity contribution in [1.82, 2.24) is 0 Å². The summed E-state index contributed by atoms with van der Waals surface area (Å²) in [6.45, 7) is 8.62. The first-order valence-corrected chi connectivity index (χ1v) is 8.70. The highest BCUT2D eigenvalue weighted by Gasteiger charge is 2.26. The van der Waals surface area contributed by atoms with E-state index < -0.39 is 0 Å². The van der Waals surface area contributed by atoms with E-state index in [0.29, 0.717) is 11.0 Å². The molecule has 18 heavy (non-hydrogen) atoms. The van der Waals surface area contributed by atoms with Crippen LogP contribution in [0, 0.1) is 17.8 Å². The first-order valence-electron chi connectivity index (χ1n) is 7.65. The summed E-state index contributed by atoms with van der Waals surface area (Å²) in [5.74, 6) is 3.39. The molecule has 1 rings (SSSR count). The van der Waals surface area contributed by atoms with Gasteiger partial charge in [-0.3, -0.25) is 4.79 Å². The lowest BCUT2D eigenvalue weighted by Gasteiger charge is -2.30. The maximum atomic E-state index is 12.0. The van der Waals surface area contributed by atoms with E-state index in [4.69, 9.17) is 0 Å². The highest BCUT2D eigenvalue weighted by atomic mass is 32.2. The average molecular weight is 270 g/mol. The van der Waals surface area contributed by atoms with Crippen molar-refractivity contribution in [2.24, 2.45) is 17.8 Å². The Hall–Kier alpha value is 0.0200. The topological polar surface area (TPSA) is 17.1 Å². The quantitative estimate of drug-likeness (QED) is 0.652. The van der Waals surface area contributed by atoms with E-state index in [-0.39, 0.29) is 5.92 Å². The van der Waals surface area contributed by atoms with Gasteiger partial charge in [0.15, 0.2) is 0 Å². The zero-order chi connectivity index (χ0) is 13.5. The molecule has 0 aromatic rings. The van der Waals surface area contributed by atoms with Crippen LogP contribution in [0.2, 0.25) is 0 Å². The van der Waals surface area contributed by atoms with E-state index in [9.17, 15) is 4.79 Å². The van der Waals surface area contributed by atoms with Gasteiger partial charge >= 0.3 is 0 Å². The van der Waals surface area contributed by atoms with E-state index >= 15 is 0 Å². The number of Topliss-reactive ketones (excluding diaryl/α,β-unsaturated/α-hetero) is 1. The third kappa shape index (κ3) is 5.77. The summed E-state index contributed by atoms with van der Waals surface area (Å²) in [5.41, 5.74) is 0. The minimum atomic E-state index is 0.204. The second kappa shape index (κ2) is 8.24. The summed E-state index contributed by atoms with van der Waals surface area (Å²) in [6.07, 6.45) is 7.65. The molecule has 0 N–H and O–H groups in total. The van der Waals surface area contributed by atoms with Crippen molar-refractivity contribution in [3.8, 4) is 0 Å². The maximum absolute atomic E-state index is 12.0. The van der Waals surface area contributed by atoms with Crippen molar-refractivity contribution in [2.45, 2.75) is 71.5 Å². The lowest BCUT2D eigenvalue weighted by Crippen LogP contribution is -2.25. The van der Waals surface area contributed by atoms with E-state index in [1.54, 1.807) is 0 Å². The zero-order valence-corrected chi connectivity index (χ0v) is 13.4. The molecule has 1 fully saturated rings. The Morgan fingerprint density at radius 2 is 1.72 bits per heavy atom. The molecular weight excluding hydrogens is 240 g/mol. The molecule has 0 bridgehead atoms. The minimum absolute atomic E-state index is 0.204. The molecule has 0 spiro atoms. The molecule has 1 saturated carbocycles. The molecule has 1 atom stereocenters. The van der Waals surface area contributed by atoms with Gasteiger partial charge in [-0.2, -0.15) is 11.8 Å². The summed E-state index contributed by atoms with van der Waals surface area (Å²) >= 11 is 2.06. The van der Waals surface area contributed by atoms with Crippen LogP contribution in [0.25, 0.3) is 0 Å². The standard InChI is InChI=1S/C16H30OS/c1-12(2)11-18-16(10-15(17)13(3)4)14-8-6-5-7-9-14/h12-14,16H,5-11H2,1-4H3. The van der Waals surface area contributed by atoms with E-state index in [1.165, 1.54) is 37.9 Å². The molecule has 0 saturated heterocycles. The van der Waals surface area contributed by atoms with Crippen LogP contribution in [0.4, 0.5) is 0 Å². The lowest BCUT2D eigenvalue weighted by atomic mass is 9.84. The molecule has 0 amide bonds. The average Bonchev–Trinajstić information content (AvgIpc) is 2.34. The summed E-state index contributed by atoms with van der Waals surface area (Å²) < 4.78 is 0. The molecule has 0 radical (unpaired) electrons. The monoisotopic (exact) mass is 270 g/mol. The third-order valence-corrected chi connectivity index (χ3v) is 5.70. The predicted molar refractivity (Wildman–Crippen MR) is 82.1 cm³/mol. The minimum Gasteiger partial charge on any atom is -0.299 e. The fraction of sp³-hybridized carbons (Fsp3) is 0.938. The Labute approximate surface area is 117 Å². The number of rotatable bonds is 7. The third-order valence-electron chi connectivity index (χ3n) is 3.87. The highest BCUT2D eigenvalue weighted by Crippen LogP contribution is 2.35. The van der Waals surface area contributed by atoms with Crippen LogP contribution < -0.4 is 0 Å². The van der Waals surface area contributed by atoms with Crippen LogP contribution in [0.5, 0.6) is 0 Å². The molecule has 0 aromatic carbocycles. The van der Waals surface area contributed by atoms with Crippen molar-refractivity contribution in [1.29, 1.82) is 0 Å². The van der Waals surface area contributed by atoms with Gasteiger partial charge in [0.2, 0.25) is 0 Å². The number of thioether (sulfide) groups is 1. The molecular formula is C16H30OS. The predicted octanol–water partition coefficient (Wildman–Crippen LogP) is 4.94. The van der Waals surface area contributed by atoms with Crippen LogP contribution in [-0.2, 0) is 4.79 Å². The van der Waals surface area contributed by atoms with Gasteiger partial charge in [-0.1, -0.05) is 47.0 Å². The number of carbonyl (C=O) groups is 1. The van der Waals surface area contributed by atoms with Crippen molar-refractivity contribution >= 4 is 17.5 Å². The Morgan fingerprint density at radius 3 is 2.22 bits per heavy atom. The Bertz CT molecular complexity index is 241. The number of hydrogen-bond donors (Lipinski definition) is 0. The normalized spacial score (nSPS) is 19.4. The van der Waals surface area contributed by atoms with Crippen LogP contribution in [0.3, 0.4) is 0 Å². The zero-order valence-electron chi connectivity index (χ0n) is 12.6. The Kier molecular flexibility index (Phi) is 7.36. The Balaban J connectivity index is 2.52. The van der Waals surface area contributed by atoms with Gasteiger partial charge in [0, 0.05) is 17.6 Å². The summed E-state index contributed by atoms with van der Waals surface area (Å²) in [4.78, 5) is 12.0. The van der Waals surface area contributed by atoms with Gasteiger partial charge in [-0.15, -0.1) is 0 Å². The smallest absolute Gasteiger partial charge is 0.136 e. The largest absolute Gasteiger partial charge is 0.299 e. The van der Waals surface area contributed by atoms with Crippen LogP contribution in [0.1, 0.15) is 66.2 Å². The van der Waals surface area contributed by atoms with Crippen molar-refractivity contribution in [2.75, 3.05) is 5.75 Å². The molecule has 1 unspecified atom stereocenters. The van der Waals surface area contributed by atoms with Crippen molar-refractivity contribution in [3.63, 3.8) is 0 Å². The first kappa shape index (κ1) is 16.1. The number of ketones is 1. The van der Waals surface area contributed by atoms with Crippen molar-refractivity contribution in [3.05, 3.63) is 0 Å². The maximum Gasteiger partial charge on any atom is 0.136 e. The van der Waals surface area contributed by atoms with Gasteiger partial charge in [-0.05, 0) is 30.4 Å². The summed E-state index contributed by atoms with van der Waals surface area (Å²) in [5, 5.41) is 0.586. The number of hydrogen-bond acceptors (Lipinski definition) is 2. The Morgan fingerprint density at radius 1 is 1.11 bits per heavy atom. The molecule has 106 valence electrons. The van der Waals surface area contributed by atoms with Crippen LogP contribution in [0.15, 0.2) is 0 Å². The van der Waals surface area contributed by atoms with Gasteiger partial charge < -0.3 is 0 Å². The summed E-state index contributed by atoms with van der Waals surface area (Å²) in [6, 6.07) is 0. The van der Waals surface area contributed by atoms with E-state index in [1.807, 2.05) is 13.8 Å². The second-order valence-electron chi connectivity index (χ2n) is 6.49. The highest BCUT2D eigenvalue weighted by molar-refractivity contribution is 7.99. The first-order chi connectivity index (χ1) is 8.50. The van der Waals surface area contributed by atoms with Gasteiger partial charge in [0.25, 0.3) is 0 Å².